The van der Waals surface area contributed by atoms with Crippen LogP contribution in [0.5, 0.6) is 5.75 Å². The highest BCUT2D eigenvalue weighted by Gasteiger charge is 2.34. The van der Waals surface area contributed by atoms with Gasteiger partial charge in [-0.05, 0) is 54.4 Å². The molecule has 11 heteroatoms. The number of hydrogen-bond acceptors (Lipinski definition) is 4. The zero-order valence-electron chi connectivity index (χ0n) is 17.6. The van der Waals surface area contributed by atoms with Crippen LogP contribution in [0.2, 0.25) is 5.02 Å². The zero-order chi connectivity index (χ0) is 24.8. The molecule has 1 amide bonds. The molecule has 0 aliphatic heterocycles. The van der Waals surface area contributed by atoms with E-state index < -0.39 is 40.0 Å². The molecule has 3 rings (SSSR count). The number of halogens is 4. The molecule has 0 saturated heterocycles. The molecule has 0 heterocycles. The standard InChI is InChI=1S/C23H20ClF3N2O4S/c24-17-6-11-21(20(14-17)23(25,26)27)29-22(30)15-33-18-7-9-19(10-8-18)34(31,32)28-13-12-16-4-2-1-3-5-16/h1-11,14,28H,12-13,15H2,(H,29,30). The summed E-state index contributed by atoms with van der Waals surface area (Å²) in [6, 6.07) is 17.7. The van der Waals surface area contributed by atoms with Gasteiger partial charge in [-0.25, -0.2) is 13.1 Å². The van der Waals surface area contributed by atoms with Crippen LogP contribution in [-0.2, 0) is 27.4 Å². The lowest BCUT2D eigenvalue weighted by Crippen LogP contribution is -2.26. The van der Waals surface area contributed by atoms with Crippen LogP contribution >= 0.6 is 11.6 Å². The van der Waals surface area contributed by atoms with E-state index in [1.807, 2.05) is 30.3 Å². The Bertz CT molecular complexity index is 1240. The topological polar surface area (TPSA) is 84.5 Å². The minimum atomic E-state index is -4.70. The molecular formula is C23H20ClF3N2O4S. The van der Waals surface area contributed by atoms with Crippen LogP contribution < -0.4 is 14.8 Å². The van der Waals surface area contributed by atoms with Crippen LogP contribution in [0.4, 0.5) is 18.9 Å². The lowest BCUT2D eigenvalue weighted by molar-refractivity contribution is -0.137. The molecule has 3 aromatic carbocycles. The highest BCUT2D eigenvalue weighted by atomic mass is 35.5. The van der Waals surface area contributed by atoms with Crippen molar-refractivity contribution in [1.82, 2.24) is 4.72 Å². The molecule has 0 unspecified atom stereocenters. The molecule has 180 valence electrons. The van der Waals surface area contributed by atoms with E-state index in [0.29, 0.717) is 12.5 Å². The van der Waals surface area contributed by atoms with Crippen LogP contribution in [-0.4, -0.2) is 27.5 Å². The number of alkyl halides is 3. The van der Waals surface area contributed by atoms with E-state index in [2.05, 4.69) is 10.0 Å². The van der Waals surface area contributed by atoms with E-state index in [-0.39, 0.29) is 22.2 Å². The van der Waals surface area contributed by atoms with Crippen molar-refractivity contribution in [3.05, 3.63) is 88.9 Å². The predicted molar refractivity (Wildman–Crippen MR) is 122 cm³/mol. The molecule has 0 aliphatic rings. The SMILES string of the molecule is O=C(COc1ccc(S(=O)(=O)NCCc2ccccc2)cc1)Nc1ccc(Cl)cc1C(F)(F)F. The van der Waals surface area contributed by atoms with Gasteiger partial charge >= 0.3 is 6.18 Å². The summed E-state index contributed by atoms with van der Waals surface area (Å²) in [6.07, 6.45) is -4.18. The third-order valence-corrected chi connectivity index (χ3v) is 6.33. The highest BCUT2D eigenvalue weighted by Crippen LogP contribution is 2.36. The molecule has 0 fully saturated rings. The summed E-state index contributed by atoms with van der Waals surface area (Å²) in [5, 5.41) is 2.02. The van der Waals surface area contributed by atoms with Crippen molar-refractivity contribution in [2.45, 2.75) is 17.5 Å². The number of ether oxygens (including phenoxy) is 1. The fraction of sp³-hybridized carbons (Fsp3) is 0.174. The van der Waals surface area contributed by atoms with E-state index in [1.54, 1.807) is 0 Å². The average molecular weight is 513 g/mol. The zero-order valence-corrected chi connectivity index (χ0v) is 19.2. The Morgan fingerprint density at radius 3 is 2.29 bits per heavy atom. The van der Waals surface area contributed by atoms with Crippen molar-refractivity contribution in [2.24, 2.45) is 0 Å². The molecule has 3 aromatic rings. The first-order chi connectivity index (χ1) is 16.0. The lowest BCUT2D eigenvalue weighted by atomic mass is 10.1. The fourth-order valence-corrected chi connectivity index (χ4v) is 4.17. The Hall–Kier alpha value is -3.08. The van der Waals surface area contributed by atoms with Crippen LogP contribution in [0.1, 0.15) is 11.1 Å². The molecule has 0 aromatic heterocycles. The number of sulfonamides is 1. The van der Waals surface area contributed by atoms with Gasteiger partial charge in [-0.2, -0.15) is 13.2 Å². The van der Waals surface area contributed by atoms with Crippen LogP contribution in [0.3, 0.4) is 0 Å². The number of anilines is 1. The Morgan fingerprint density at radius 2 is 1.65 bits per heavy atom. The third-order valence-electron chi connectivity index (χ3n) is 4.61. The van der Waals surface area contributed by atoms with Crippen LogP contribution in [0.15, 0.2) is 77.7 Å². The monoisotopic (exact) mass is 512 g/mol. The first-order valence-corrected chi connectivity index (χ1v) is 11.8. The Labute approximate surface area is 199 Å². The first-order valence-electron chi connectivity index (χ1n) is 9.98. The van der Waals surface area contributed by atoms with Crippen molar-refractivity contribution in [3.63, 3.8) is 0 Å². The highest BCUT2D eigenvalue weighted by molar-refractivity contribution is 7.89. The normalized spacial score (nSPS) is 11.8. The summed E-state index contributed by atoms with van der Waals surface area (Å²) in [5.74, 6) is -0.655. The van der Waals surface area contributed by atoms with Crippen molar-refractivity contribution in [1.29, 1.82) is 0 Å². The molecule has 6 nitrogen and oxygen atoms in total. The van der Waals surface area contributed by atoms with Gasteiger partial charge < -0.3 is 10.1 Å². The summed E-state index contributed by atoms with van der Waals surface area (Å²) >= 11 is 5.62. The van der Waals surface area contributed by atoms with Gasteiger partial charge in [-0.1, -0.05) is 41.9 Å². The molecule has 0 spiro atoms. The van der Waals surface area contributed by atoms with Gasteiger partial charge in [0.15, 0.2) is 6.61 Å². The maximum Gasteiger partial charge on any atom is 0.418 e. The molecule has 0 atom stereocenters. The van der Waals surface area contributed by atoms with Gasteiger partial charge in [0.2, 0.25) is 10.0 Å². The first kappa shape index (κ1) is 25.5. The quantitative estimate of drug-likeness (QED) is 0.427. The Kier molecular flexibility index (Phi) is 8.19. The van der Waals surface area contributed by atoms with Crippen LogP contribution in [0.25, 0.3) is 0 Å². The van der Waals surface area contributed by atoms with E-state index in [9.17, 15) is 26.4 Å². The van der Waals surface area contributed by atoms with Gasteiger partial charge in [0, 0.05) is 11.6 Å². The molecule has 2 N–H and O–H groups in total. The number of carbonyl (C=O) groups is 1. The fourth-order valence-electron chi connectivity index (χ4n) is 2.97. The summed E-state index contributed by atoms with van der Waals surface area (Å²) in [5.41, 5.74) is -0.538. The number of nitrogens with one attached hydrogen (secondary N) is 2. The smallest absolute Gasteiger partial charge is 0.418 e. The predicted octanol–water partition coefficient (Wildman–Crippen LogP) is 4.90. The van der Waals surface area contributed by atoms with Gasteiger partial charge in [0.25, 0.3) is 5.91 Å². The van der Waals surface area contributed by atoms with Gasteiger partial charge in [-0.15, -0.1) is 0 Å². The summed E-state index contributed by atoms with van der Waals surface area (Å²) in [7, 11) is -3.74. The molecule has 0 bridgehead atoms. The Morgan fingerprint density at radius 1 is 0.971 bits per heavy atom. The van der Waals surface area contributed by atoms with Crippen LogP contribution in [0, 0.1) is 0 Å². The minimum Gasteiger partial charge on any atom is -0.484 e. The second-order valence-electron chi connectivity index (χ2n) is 7.13. The minimum absolute atomic E-state index is 0.00773. The number of benzene rings is 3. The second kappa shape index (κ2) is 10.9. The molecular weight excluding hydrogens is 493 g/mol. The third kappa shape index (κ3) is 7.21. The Balaban J connectivity index is 1.54. The molecule has 0 aliphatic carbocycles. The number of hydrogen-bond donors (Lipinski definition) is 2. The van der Waals surface area contributed by atoms with Gasteiger partial charge in [0.1, 0.15) is 5.75 Å². The number of rotatable bonds is 9. The van der Waals surface area contributed by atoms with Crippen molar-refractivity contribution >= 4 is 33.2 Å². The maximum absolute atomic E-state index is 13.1. The molecule has 0 radical (unpaired) electrons. The van der Waals surface area contributed by atoms with Gasteiger partial charge in [-0.3, -0.25) is 4.79 Å². The van der Waals surface area contributed by atoms with E-state index in [4.69, 9.17) is 16.3 Å². The number of amides is 1. The largest absolute Gasteiger partial charge is 0.484 e. The van der Waals surface area contributed by atoms with Crippen molar-refractivity contribution in [3.8, 4) is 5.75 Å². The summed E-state index contributed by atoms with van der Waals surface area (Å²) in [6.45, 7) is -0.364. The van der Waals surface area contributed by atoms with Crippen molar-refractivity contribution < 1.29 is 31.1 Å². The maximum atomic E-state index is 13.1. The summed E-state index contributed by atoms with van der Waals surface area (Å²) in [4.78, 5) is 12.1. The molecule has 0 saturated carbocycles. The summed E-state index contributed by atoms with van der Waals surface area (Å²) < 4.78 is 72.0. The van der Waals surface area contributed by atoms with E-state index in [1.165, 1.54) is 30.3 Å². The number of carbonyl (C=O) groups excluding carboxylic acids is 1. The average Bonchev–Trinajstić information content (AvgIpc) is 2.79. The van der Waals surface area contributed by atoms with E-state index in [0.717, 1.165) is 11.6 Å². The van der Waals surface area contributed by atoms with Crippen molar-refractivity contribution in [2.75, 3.05) is 18.5 Å². The molecule has 34 heavy (non-hydrogen) atoms. The van der Waals surface area contributed by atoms with E-state index >= 15 is 0 Å². The lowest BCUT2D eigenvalue weighted by Gasteiger charge is -2.14. The van der Waals surface area contributed by atoms with Gasteiger partial charge in [0.05, 0.1) is 16.1 Å². The second-order valence-corrected chi connectivity index (χ2v) is 9.33.